The summed E-state index contributed by atoms with van der Waals surface area (Å²) in [5, 5.41) is 13.9. The van der Waals surface area contributed by atoms with E-state index in [0.29, 0.717) is 0 Å². The molecule has 1 aliphatic heterocycles. The lowest BCUT2D eigenvalue weighted by Gasteiger charge is -2.33. The molecule has 1 N–H and O–H groups in total. The Bertz CT molecular complexity index is 424. The molecule has 1 aliphatic rings. The van der Waals surface area contributed by atoms with Crippen LogP contribution in [0.4, 0.5) is 5.69 Å². The Morgan fingerprint density at radius 1 is 1.33 bits per heavy atom. The van der Waals surface area contributed by atoms with Crippen LogP contribution in [0, 0.1) is 10.1 Å². The van der Waals surface area contributed by atoms with E-state index in [1.165, 1.54) is 0 Å². The minimum Gasteiger partial charge on any atom is -0.314 e. The van der Waals surface area contributed by atoms with Crippen LogP contribution in [0.25, 0.3) is 0 Å². The molecule has 0 unspecified atom stereocenters. The summed E-state index contributed by atoms with van der Waals surface area (Å²) in [5.74, 6) is 0. The van der Waals surface area contributed by atoms with Crippen molar-refractivity contribution in [1.82, 2.24) is 10.2 Å². The van der Waals surface area contributed by atoms with Gasteiger partial charge in [0.15, 0.2) is 0 Å². The van der Waals surface area contributed by atoms with Gasteiger partial charge >= 0.3 is 0 Å². The van der Waals surface area contributed by atoms with Crippen molar-refractivity contribution in [3.8, 4) is 0 Å². The van der Waals surface area contributed by atoms with Crippen molar-refractivity contribution in [3.05, 3.63) is 52.6 Å². The first-order chi connectivity index (χ1) is 8.72. The van der Waals surface area contributed by atoms with Crippen molar-refractivity contribution < 1.29 is 4.92 Å². The van der Waals surface area contributed by atoms with Gasteiger partial charge in [-0.15, -0.1) is 6.58 Å². The van der Waals surface area contributed by atoms with E-state index in [1.807, 2.05) is 18.2 Å². The Kier molecular flexibility index (Phi) is 4.07. The standard InChI is InChI=1S/C13H17N3O2/c1-2-13(15-9-7-14-8-10-15)11-3-5-12(6-4-11)16(17)18/h2-6,13-14H,1,7-10H2/t13-/m1/s1. The molecule has 2 rings (SSSR count). The van der Waals surface area contributed by atoms with Crippen LogP contribution in [0.5, 0.6) is 0 Å². The molecule has 1 aromatic rings. The van der Waals surface area contributed by atoms with E-state index >= 15 is 0 Å². The molecule has 1 heterocycles. The lowest BCUT2D eigenvalue weighted by Crippen LogP contribution is -2.44. The number of non-ortho nitro benzene ring substituents is 1. The first-order valence-electron chi connectivity index (χ1n) is 6.04. The van der Waals surface area contributed by atoms with E-state index in [1.54, 1.807) is 12.1 Å². The molecular weight excluding hydrogens is 230 g/mol. The van der Waals surface area contributed by atoms with Crippen LogP contribution in [-0.2, 0) is 0 Å². The number of piperazine rings is 1. The predicted octanol–water partition coefficient (Wildman–Crippen LogP) is 1.73. The maximum Gasteiger partial charge on any atom is 0.269 e. The Balaban J connectivity index is 2.16. The van der Waals surface area contributed by atoms with Crippen LogP contribution in [0.3, 0.4) is 0 Å². The van der Waals surface area contributed by atoms with E-state index in [-0.39, 0.29) is 16.7 Å². The molecule has 18 heavy (non-hydrogen) atoms. The number of benzene rings is 1. The second kappa shape index (κ2) is 5.75. The van der Waals surface area contributed by atoms with Gasteiger partial charge in [0.2, 0.25) is 0 Å². The maximum absolute atomic E-state index is 10.6. The van der Waals surface area contributed by atoms with E-state index in [9.17, 15) is 10.1 Å². The number of hydrogen-bond acceptors (Lipinski definition) is 4. The Morgan fingerprint density at radius 2 is 1.94 bits per heavy atom. The molecule has 1 saturated heterocycles. The largest absolute Gasteiger partial charge is 0.314 e. The predicted molar refractivity (Wildman–Crippen MR) is 70.5 cm³/mol. The number of nitrogens with one attached hydrogen (secondary N) is 1. The van der Waals surface area contributed by atoms with Gasteiger partial charge < -0.3 is 5.32 Å². The average Bonchev–Trinajstić information content (AvgIpc) is 2.41. The SMILES string of the molecule is C=C[C@H](c1ccc([N+](=O)[O-])cc1)N1CCNCC1. The summed E-state index contributed by atoms with van der Waals surface area (Å²) in [6.45, 7) is 7.75. The van der Waals surface area contributed by atoms with Crippen LogP contribution in [0.2, 0.25) is 0 Å². The van der Waals surface area contributed by atoms with Crippen molar-refractivity contribution in [2.24, 2.45) is 0 Å². The fourth-order valence-corrected chi connectivity index (χ4v) is 2.25. The summed E-state index contributed by atoms with van der Waals surface area (Å²) in [5.41, 5.74) is 1.18. The number of nitro benzene ring substituents is 1. The molecule has 0 aromatic heterocycles. The van der Waals surface area contributed by atoms with E-state index in [2.05, 4.69) is 16.8 Å². The quantitative estimate of drug-likeness (QED) is 0.500. The highest BCUT2D eigenvalue weighted by molar-refractivity contribution is 5.35. The Morgan fingerprint density at radius 3 is 2.44 bits per heavy atom. The molecule has 5 nitrogen and oxygen atoms in total. The molecule has 0 radical (unpaired) electrons. The molecule has 0 bridgehead atoms. The van der Waals surface area contributed by atoms with Gasteiger partial charge in [-0.3, -0.25) is 15.0 Å². The fourth-order valence-electron chi connectivity index (χ4n) is 2.25. The van der Waals surface area contributed by atoms with E-state index < -0.39 is 0 Å². The Labute approximate surface area is 106 Å². The molecule has 5 heteroatoms. The number of hydrogen-bond donors (Lipinski definition) is 1. The zero-order valence-corrected chi connectivity index (χ0v) is 10.2. The zero-order valence-electron chi connectivity index (χ0n) is 10.2. The highest BCUT2D eigenvalue weighted by atomic mass is 16.6. The third-order valence-electron chi connectivity index (χ3n) is 3.21. The first kappa shape index (κ1) is 12.7. The lowest BCUT2D eigenvalue weighted by molar-refractivity contribution is -0.384. The molecular formula is C13H17N3O2. The van der Waals surface area contributed by atoms with Crippen LogP contribution in [0.1, 0.15) is 11.6 Å². The van der Waals surface area contributed by atoms with Gasteiger partial charge in [0.1, 0.15) is 0 Å². The fraction of sp³-hybridized carbons (Fsp3) is 0.385. The molecule has 1 aromatic carbocycles. The summed E-state index contributed by atoms with van der Waals surface area (Å²) in [4.78, 5) is 12.6. The Hall–Kier alpha value is -1.72. The summed E-state index contributed by atoms with van der Waals surface area (Å²) in [7, 11) is 0. The average molecular weight is 247 g/mol. The molecule has 1 fully saturated rings. The molecule has 96 valence electrons. The minimum atomic E-state index is -0.377. The van der Waals surface area contributed by atoms with Gasteiger partial charge in [-0.25, -0.2) is 0 Å². The molecule has 0 aliphatic carbocycles. The summed E-state index contributed by atoms with van der Waals surface area (Å²) >= 11 is 0. The van der Waals surface area contributed by atoms with Gasteiger partial charge in [0.05, 0.1) is 11.0 Å². The topological polar surface area (TPSA) is 58.4 Å². The monoisotopic (exact) mass is 247 g/mol. The highest BCUT2D eigenvalue weighted by Crippen LogP contribution is 2.24. The molecule has 0 saturated carbocycles. The summed E-state index contributed by atoms with van der Waals surface area (Å²) in [6, 6.07) is 6.86. The highest BCUT2D eigenvalue weighted by Gasteiger charge is 2.19. The van der Waals surface area contributed by atoms with Crippen molar-refractivity contribution in [1.29, 1.82) is 0 Å². The van der Waals surface area contributed by atoms with Gasteiger partial charge in [-0.05, 0) is 5.56 Å². The molecule has 0 spiro atoms. The van der Waals surface area contributed by atoms with Gasteiger partial charge in [-0.2, -0.15) is 0 Å². The number of nitrogens with zero attached hydrogens (tertiary/aromatic N) is 2. The van der Waals surface area contributed by atoms with Crippen molar-refractivity contribution in [3.63, 3.8) is 0 Å². The van der Waals surface area contributed by atoms with Crippen LogP contribution in [-0.4, -0.2) is 36.0 Å². The van der Waals surface area contributed by atoms with Gasteiger partial charge in [0, 0.05) is 38.3 Å². The summed E-state index contributed by atoms with van der Waals surface area (Å²) < 4.78 is 0. The van der Waals surface area contributed by atoms with Crippen LogP contribution in [0.15, 0.2) is 36.9 Å². The van der Waals surface area contributed by atoms with Crippen molar-refractivity contribution >= 4 is 5.69 Å². The van der Waals surface area contributed by atoms with E-state index in [0.717, 1.165) is 31.7 Å². The van der Waals surface area contributed by atoms with Gasteiger partial charge in [0.25, 0.3) is 5.69 Å². The van der Waals surface area contributed by atoms with Gasteiger partial charge in [-0.1, -0.05) is 18.2 Å². The second-order valence-corrected chi connectivity index (χ2v) is 4.32. The smallest absolute Gasteiger partial charge is 0.269 e. The maximum atomic E-state index is 10.6. The lowest BCUT2D eigenvalue weighted by atomic mass is 10.0. The van der Waals surface area contributed by atoms with Crippen LogP contribution >= 0.6 is 0 Å². The third-order valence-corrected chi connectivity index (χ3v) is 3.21. The van der Waals surface area contributed by atoms with E-state index in [4.69, 9.17) is 0 Å². The molecule has 0 amide bonds. The molecule has 1 atom stereocenters. The zero-order chi connectivity index (χ0) is 13.0. The summed E-state index contributed by atoms with van der Waals surface area (Å²) in [6.07, 6.45) is 1.90. The normalized spacial score (nSPS) is 18.2. The number of nitro groups is 1. The third kappa shape index (κ3) is 2.75. The van der Waals surface area contributed by atoms with Crippen LogP contribution < -0.4 is 5.32 Å². The first-order valence-corrected chi connectivity index (χ1v) is 6.04. The van der Waals surface area contributed by atoms with Crippen molar-refractivity contribution in [2.75, 3.05) is 26.2 Å². The van der Waals surface area contributed by atoms with Crippen molar-refractivity contribution in [2.45, 2.75) is 6.04 Å². The number of rotatable bonds is 4. The minimum absolute atomic E-state index is 0.127. The second-order valence-electron chi connectivity index (χ2n) is 4.32.